The summed E-state index contributed by atoms with van der Waals surface area (Å²) in [6, 6.07) is 5.50. The van der Waals surface area contributed by atoms with E-state index in [1.54, 1.807) is 6.07 Å². The lowest BCUT2D eigenvalue weighted by atomic mass is 10.2. The second kappa shape index (κ2) is 6.90. The Morgan fingerprint density at radius 2 is 2.15 bits per heavy atom. The highest BCUT2D eigenvalue weighted by molar-refractivity contribution is 9.10. The molecule has 0 atom stereocenters. The summed E-state index contributed by atoms with van der Waals surface area (Å²) < 4.78 is 6.52. The number of aryl methyl sites for hydroxylation is 1. The quantitative estimate of drug-likeness (QED) is 0.834. The van der Waals surface area contributed by atoms with Gasteiger partial charge in [0.15, 0.2) is 0 Å². The van der Waals surface area contributed by atoms with Crippen molar-refractivity contribution in [3.8, 4) is 11.6 Å². The Morgan fingerprint density at radius 3 is 2.90 bits per heavy atom. The zero-order valence-corrected chi connectivity index (χ0v) is 13.6. The molecule has 0 fully saturated rings. The molecule has 1 heterocycles. The molecule has 0 saturated heterocycles. The Balaban J connectivity index is 2.27. The maximum Gasteiger partial charge on any atom is 0.238 e. The smallest absolute Gasteiger partial charge is 0.238 e. The molecule has 106 valence electrons. The van der Waals surface area contributed by atoms with E-state index < -0.39 is 0 Å². The van der Waals surface area contributed by atoms with Crippen LogP contribution in [0.2, 0.25) is 5.02 Å². The summed E-state index contributed by atoms with van der Waals surface area (Å²) in [7, 11) is 0. The van der Waals surface area contributed by atoms with Crippen molar-refractivity contribution < 1.29 is 4.74 Å². The van der Waals surface area contributed by atoms with Crippen LogP contribution in [0.3, 0.4) is 0 Å². The van der Waals surface area contributed by atoms with Crippen LogP contribution in [0.25, 0.3) is 0 Å². The van der Waals surface area contributed by atoms with Gasteiger partial charge in [-0.1, -0.05) is 24.6 Å². The first kappa shape index (κ1) is 15.1. The molecule has 4 nitrogen and oxygen atoms in total. The fourth-order valence-corrected chi connectivity index (χ4v) is 2.17. The fraction of sp³-hybridized carbons (Fsp3) is 0.286. The van der Waals surface area contributed by atoms with Crippen LogP contribution in [0.15, 0.2) is 29.0 Å². The molecular formula is C14H15BrClN3O. The molecule has 2 aromatic rings. The second-order valence-corrected chi connectivity index (χ2v) is 5.51. The minimum atomic E-state index is 0.462. The van der Waals surface area contributed by atoms with Gasteiger partial charge in [0.05, 0.1) is 0 Å². The Labute approximate surface area is 131 Å². The van der Waals surface area contributed by atoms with E-state index in [1.807, 2.05) is 19.1 Å². The molecule has 1 N–H and O–H groups in total. The van der Waals surface area contributed by atoms with Crippen molar-refractivity contribution in [2.45, 2.75) is 20.3 Å². The number of hydrogen-bond donors (Lipinski definition) is 1. The van der Waals surface area contributed by atoms with Gasteiger partial charge in [-0.3, -0.25) is 0 Å². The topological polar surface area (TPSA) is 47.0 Å². The van der Waals surface area contributed by atoms with Crippen LogP contribution in [-0.4, -0.2) is 16.5 Å². The van der Waals surface area contributed by atoms with E-state index in [4.69, 9.17) is 16.3 Å². The van der Waals surface area contributed by atoms with Crippen LogP contribution in [0.1, 0.15) is 18.9 Å². The van der Waals surface area contributed by atoms with Crippen molar-refractivity contribution in [3.05, 3.63) is 39.6 Å². The van der Waals surface area contributed by atoms with Crippen molar-refractivity contribution in [2.75, 3.05) is 11.9 Å². The summed E-state index contributed by atoms with van der Waals surface area (Å²) in [5.74, 6) is 1.86. The summed E-state index contributed by atoms with van der Waals surface area (Å²) in [6.45, 7) is 4.89. The third-order valence-corrected chi connectivity index (χ3v) is 3.61. The standard InChI is InChI=1S/C14H15BrClN3O/c1-3-6-17-13-12(15)14(19-8-18-13)20-11-7-10(16)5-4-9(11)2/h4-5,7-8H,3,6H2,1-2H3,(H,17,18,19). The van der Waals surface area contributed by atoms with Crippen molar-refractivity contribution in [1.29, 1.82) is 0 Å². The zero-order chi connectivity index (χ0) is 14.5. The number of rotatable bonds is 5. The van der Waals surface area contributed by atoms with E-state index in [-0.39, 0.29) is 0 Å². The van der Waals surface area contributed by atoms with Gasteiger partial charge in [-0.25, -0.2) is 9.97 Å². The van der Waals surface area contributed by atoms with Crippen LogP contribution in [0, 0.1) is 6.92 Å². The van der Waals surface area contributed by atoms with Gasteiger partial charge in [-0.05, 0) is 47.0 Å². The van der Waals surface area contributed by atoms with Crippen molar-refractivity contribution in [2.24, 2.45) is 0 Å². The minimum absolute atomic E-state index is 0.462. The van der Waals surface area contributed by atoms with E-state index in [0.717, 1.165) is 24.3 Å². The lowest BCUT2D eigenvalue weighted by Crippen LogP contribution is -2.04. The monoisotopic (exact) mass is 355 g/mol. The summed E-state index contributed by atoms with van der Waals surface area (Å²) >= 11 is 9.45. The Kier molecular flexibility index (Phi) is 5.20. The molecule has 2 rings (SSSR count). The molecule has 0 aliphatic heterocycles. The van der Waals surface area contributed by atoms with Gasteiger partial charge in [-0.15, -0.1) is 0 Å². The number of anilines is 1. The molecule has 1 aromatic carbocycles. The molecule has 1 aromatic heterocycles. The van der Waals surface area contributed by atoms with Crippen molar-refractivity contribution in [1.82, 2.24) is 9.97 Å². The first-order chi connectivity index (χ1) is 9.61. The fourth-order valence-electron chi connectivity index (χ4n) is 1.58. The highest BCUT2D eigenvalue weighted by atomic mass is 79.9. The number of ether oxygens (including phenoxy) is 1. The predicted molar refractivity (Wildman–Crippen MR) is 84.8 cm³/mol. The molecule has 0 amide bonds. The summed E-state index contributed by atoms with van der Waals surface area (Å²) in [5, 5.41) is 3.84. The van der Waals surface area contributed by atoms with Gasteiger partial charge >= 0.3 is 0 Å². The lowest BCUT2D eigenvalue weighted by molar-refractivity contribution is 0.455. The van der Waals surface area contributed by atoms with Gasteiger partial charge < -0.3 is 10.1 Å². The normalized spacial score (nSPS) is 10.4. The Morgan fingerprint density at radius 1 is 1.35 bits per heavy atom. The molecule has 20 heavy (non-hydrogen) atoms. The van der Waals surface area contributed by atoms with Crippen molar-refractivity contribution >= 4 is 33.3 Å². The Hall–Kier alpha value is -1.33. The zero-order valence-electron chi connectivity index (χ0n) is 11.3. The van der Waals surface area contributed by atoms with E-state index in [1.165, 1.54) is 6.33 Å². The Bertz CT molecular complexity index is 607. The largest absolute Gasteiger partial charge is 0.437 e. The second-order valence-electron chi connectivity index (χ2n) is 4.28. The SMILES string of the molecule is CCCNc1ncnc(Oc2cc(Cl)ccc2C)c1Br. The number of nitrogens with one attached hydrogen (secondary N) is 1. The summed E-state index contributed by atoms with van der Waals surface area (Å²) in [4.78, 5) is 8.33. The van der Waals surface area contributed by atoms with Crippen LogP contribution in [-0.2, 0) is 0 Å². The first-order valence-corrected chi connectivity index (χ1v) is 7.47. The third kappa shape index (κ3) is 3.61. The van der Waals surface area contributed by atoms with Crippen LogP contribution >= 0.6 is 27.5 Å². The minimum Gasteiger partial charge on any atom is -0.437 e. The maximum atomic E-state index is 5.99. The van der Waals surface area contributed by atoms with Gasteiger partial charge in [0.25, 0.3) is 0 Å². The summed E-state index contributed by atoms with van der Waals surface area (Å²) in [6.07, 6.45) is 2.48. The highest BCUT2D eigenvalue weighted by Gasteiger charge is 2.12. The van der Waals surface area contributed by atoms with E-state index >= 15 is 0 Å². The number of nitrogens with zero attached hydrogens (tertiary/aromatic N) is 2. The van der Waals surface area contributed by atoms with Crippen LogP contribution in [0.5, 0.6) is 11.6 Å². The number of hydrogen-bond acceptors (Lipinski definition) is 4. The van der Waals surface area contributed by atoms with Gasteiger partial charge in [0.1, 0.15) is 22.4 Å². The van der Waals surface area contributed by atoms with Crippen LogP contribution < -0.4 is 10.1 Å². The third-order valence-electron chi connectivity index (χ3n) is 2.66. The van der Waals surface area contributed by atoms with Crippen molar-refractivity contribution in [3.63, 3.8) is 0 Å². The maximum absolute atomic E-state index is 5.99. The average molecular weight is 357 g/mol. The number of aromatic nitrogens is 2. The molecular weight excluding hydrogens is 342 g/mol. The molecule has 0 aliphatic carbocycles. The average Bonchev–Trinajstić information content (AvgIpc) is 2.44. The van der Waals surface area contributed by atoms with E-state index in [0.29, 0.717) is 21.1 Å². The van der Waals surface area contributed by atoms with E-state index in [9.17, 15) is 0 Å². The van der Waals surface area contributed by atoms with Gasteiger partial charge in [0, 0.05) is 11.6 Å². The molecule has 0 aliphatic rings. The predicted octanol–water partition coefficient (Wildman–Crippen LogP) is 4.82. The molecule has 6 heteroatoms. The molecule has 0 unspecified atom stereocenters. The molecule has 0 bridgehead atoms. The number of benzene rings is 1. The first-order valence-electron chi connectivity index (χ1n) is 6.30. The van der Waals surface area contributed by atoms with Crippen LogP contribution in [0.4, 0.5) is 5.82 Å². The highest BCUT2D eigenvalue weighted by Crippen LogP contribution is 2.34. The lowest BCUT2D eigenvalue weighted by Gasteiger charge is -2.12. The van der Waals surface area contributed by atoms with Gasteiger partial charge in [0.2, 0.25) is 5.88 Å². The molecule has 0 spiro atoms. The molecule has 0 saturated carbocycles. The summed E-state index contributed by atoms with van der Waals surface area (Å²) in [5.41, 5.74) is 0.989. The number of halogens is 2. The molecule has 0 radical (unpaired) electrons. The van der Waals surface area contributed by atoms with E-state index in [2.05, 4.69) is 38.1 Å². The van der Waals surface area contributed by atoms with Gasteiger partial charge in [-0.2, -0.15) is 0 Å².